The van der Waals surface area contributed by atoms with Crippen molar-refractivity contribution < 1.29 is 8.22 Å². The van der Waals surface area contributed by atoms with Gasteiger partial charge in [0.05, 0.1) is 8.22 Å². The van der Waals surface area contributed by atoms with E-state index in [9.17, 15) is 4.79 Å². The molecule has 1 aromatic heterocycles. The van der Waals surface area contributed by atoms with Gasteiger partial charge in [-0.2, -0.15) is 0 Å². The van der Waals surface area contributed by atoms with Crippen LogP contribution in [0.1, 0.15) is 8.22 Å². The predicted molar refractivity (Wildman–Crippen MR) is 44.6 cm³/mol. The van der Waals surface area contributed by atoms with Crippen LogP contribution in [0.2, 0.25) is 0 Å². The third-order valence-corrected chi connectivity index (χ3v) is 1.28. The van der Waals surface area contributed by atoms with Gasteiger partial charge in [0.25, 0.3) is 0 Å². The quantitative estimate of drug-likeness (QED) is 0.608. The SMILES string of the molecule is [2H]c1[nH]c2c([2H])c([2H])c([2H])c([2H])c2c(=O)c1[2H]. The van der Waals surface area contributed by atoms with Crippen molar-refractivity contribution in [2.24, 2.45) is 0 Å². The lowest BCUT2D eigenvalue weighted by molar-refractivity contribution is 1.39. The van der Waals surface area contributed by atoms with E-state index in [4.69, 9.17) is 8.22 Å². The van der Waals surface area contributed by atoms with Gasteiger partial charge >= 0.3 is 0 Å². The van der Waals surface area contributed by atoms with Crippen molar-refractivity contribution in [1.29, 1.82) is 0 Å². The van der Waals surface area contributed by atoms with E-state index in [-0.39, 0.29) is 10.9 Å². The van der Waals surface area contributed by atoms with Crippen LogP contribution in [0, 0.1) is 0 Å². The molecule has 0 aliphatic rings. The first-order valence-corrected chi connectivity index (χ1v) is 2.95. The molecule has 0 aliphatic heterocycles. The summed E-state index contributed by atoms with van der Waals surface area (Å²) in [5.41, 5.74) is -1.00. The van der Waals surface area contributed by atoms with E-state index < -0.39 is 41.8 Å². The summed E-state index contributed by atoms with van der Waals surface area (Å²) in [4.78, 5) is 14.1. The maximum atomic E-state index is 11.7. The highest BCUT2D eigenvalue weighted by Crippen LogP contribution is 2.03. The summed E-state index contributed by atoms with van der Waals surface area (Å²) in [6, 6.07) is -2.51. The molecule has 0 saturated carbocycles. The molecule has 0 amide bonds. The van der Waals surface area contributed by atoms with Crippen molar-refractivity contribution in [3.8, 4) is 0 Å². The first-order chi connectivity index (χ1) is 7.86. The number of hydrogen-bond acceptors (Lipinski definition) is 1. The first-order valence-electron chi connectivity index (χ1n) is 5.95. The molecule has 2 heteroatoms. The lowest BCUT2D eigenvalue weighted by Gasteiger charge is -1.92. The second kappa shape index (κ2) is 2.23. The van der Waals surface area contributed by atoms with Gasteiger partial charge in [-0.25, -0.2) is 0 Å². The normalized spacial score (nSPS) is 17.8. The van der Waals surface area contributed by atoms with E-state index >= 15 is 0 Å². The summed E-state index contributed by atoms with van der Waals surface area (Å²) in [5, 5.41) is -0.281. The zero-order valence-electron chi connectivity index (χ0n) is 11.4. The Morgan fingerprint density at radius 3 is 3.00 bits per heavy atom. The monoisotopic (exact) mass is 151 g/mol. The second-order valence-corrected chi connectivity index (χ2v) is 1.95. The smallest absolute Gasteiger partial charge is 0.189 e. The van der Waals surface area contributed by atoms with Gasteiger partial charge in [0, 0.05) is 23.1 Å². The maximum absolute atomic E-state index is 11.7. The zero-order valence-corrected chi connectivity index (χ0v) is 5.41. The molecule has 1 heterocycles. The number of rotatable bonds is 0. The van der Waals surface area contributed by atoms with Crippen molar-refractivity contribution in [2.75, 3.05) is 0 Å². The molecule has 2 nitrogen and oxygen atoms in total. The lowest BCUT2D eigenvalue weighted by atomic mass is 10.2. The van der Waals surface area contributed by atoms with Crippen molar-refractivity contribution in [3.63, 3.8) is 0 Å². The van der Waals surface area contributed by atoms with Crippen LogP contribution in [-0.2, 0) is 0 Å². The van der Waals surface area contributed by atoms with Crippen molar-refractivity contribution in [3.05, 3.63) is 46.6 Å². The third kappa shape index (κ3) is 0.923. The fourth-order valence-electron chi connectivity index (χ4n) is 0.790. The van der Waals surface area contributed by atoms with Crippen LogP contribution in [0.4, 0.5) is 0 Å². The minimum absolute atomic E-state index is 0.137. The number of hydrogen-bond donors (Lipinski definition) is 1. The van der Waals surface area contributed by atoms with Gasteiger partial charge in [0.2, 0.25) is 0 Å². The Labute approximate surface area is 71.9 Å². The van der Waals surface area contributed by atoms with Crippen LogP contribution < -0.4 is 5.43 Å². The number of aromatic nitrogens is 1. The molecule has 11 heavy (non-hydrogen) atoms. The Bertz CT molecular complexity index is 692. The zero-order chi connectivity index (χ0) is 12.9. The van der Waals surface area contributed by atoms with E-state index in [0.717, 1.165) is 0 Å². The molecule has 54 valence electrons. The van der Waals surface area contributed by atoms with E-state index in [2.05, 4.69) is 4.98 Å². The largest absolute Gasteiger partial charge is 0.361 e. The molecular formula is C9H7NO. The van der Waals surface area contributed by atoms with E-state index in [1.807, 2.05) is 0 Å². The number of aromatic amines is 1. The average molecular weight is 151 g/mol. The minimum Gasteiger partial charge on any atom is -0.361 e. The molecule has 0 fully saturated rings. The Kier molecular flexibility index (Phi) is 0.504. The molecule has 1 aromatic carbocycles. The number of para-hydroxylation sites is 1. The molecule has 0 aliphatic carbocycles. The number of pyridine rings is 1. The van der Waals surface area contributed by atoms with Gasteiger partial charge in [0.1, 0.15) is 0 Å². The molecule has 0 atom stereocenters. The lowest BCUT2D eigenvalue weighted by Crippen LogP contribution is -1.98. The summed E-state index contributed by atoms with van der Waals surface area (Å²) in [6.45, 7) is 0. The molecule has 0 spiro atoms. The maximum Gasteiger partial charge on any atom is 0.189 e. The summed E-state index contributed by atoms with van der Waals surface area (Å²) >= 11 is 0. The second-order valence-electron chi connectivity index (χ2n) is 1.95. The molecular weight excluding hydrogens is 138 g/mol. The van der Waals surface area contributed by atoms with Gasteiger partial charge in [-0.05, 0) is 12.1 Å². The fourth-order valence-corrected chi connectivity index (χ4v) is 0.790. The summed E-state index contributed by atoms with van der Waals surface area (Å²) < 4.78 is 44.7. The Morgan fingerprint density at radius 1 is 1.27 bits per heavy atom. The van der Waals surface area contributed by atoms with Gasteiger partial charge in [-0.1, -0.05) is 12.1 Å². The van der Waals surface area contributed by atoms with Gasteiger partial charge < -0.3 is 4.98 Å². The summed E-state index contributed by atoms with van der Waals surface area (Å²) in [5.74, 6) is 0. The van der Waals surface area contributed by atoms with Crippen molar-refractivity contribution >= 4 is 10.9 Å². The third-order valence-electron chi connectivity index (χ3n) is 1.28. The highest BCUT2D eigenvalue weighted by Gasteiger charge is 1.92. The van der Waals surface area contributed by atoms with Crippen LogP contribution >= 0.6 is 0 Å². The Balaban J connectivity index is 3.18. The van der Waals surface area contributed by atoms with Crippen LogP contribution in [0.3, 0.4) is 0 Å². The first kappa shape index (κ1) is 2.48. The van der Waals surface area contributed by atoms with Crippen LogP contribution in [-0.4, -0.2) is 4.98 Å². The minimum atomic E-state index is -0.865. The molecule has 2 aromatic rings. The highest BCUT2D eigenvalue weighted by atomic mass is 16.1. The number of benzene rings is 1. The number of nitrogens with one attached hydrogen (secondary N) is 1. The Hall–Kier alpha value is -1.57. The summed E-state index contributed by atoms with van der Waals surface area (Å²) in [6.07, 6.45) is -0.465. The van der Waals surface area contributed by atoms with Gasteiger partial charge in [-0.3, -0.25) is 4.79 Å². The average Bonchev–Trinajstić information content (AvgIpc) is 2.30. The molecule has 0 unspecified atom stereocenters. The molecule has 2 rings (SSSR count). The van der Waals surface area contributed by atoms with E-state index in [1.165, 1.54) is 0 Å². The molecule has 1 N–H and O–H groups in total. The van der Waals surface area contributed by atoms with E-state index in [0.29, 0.717) is 0 Å². The Morgan fingerprint density at radius 2 is 2.09 bits per heavy atom. The van der Waals surface area contributed by atoms with Crippen molar-refractivity contribution in [1.82, 2.24) is 4.98 Å². The highest BCUT2D eigenvalue weighted by molar-refractivity contribution is 5.77. The van der Waals surface area contributed by atoms with Crippen molar-refractivity contribution in [2.45, 2.75) is 0 Å². The summed E-state index contributed by atoms with van der Waals surface area (Å²) in [7, 11) is 0. The van der Waals surface area contributed by atoms with Crippen LogP contribution in [0.5, 0.6) is 0 Å². The fraction of sp³-hybridized carbons (Fsp3) is 0. The molecule has 0 bridgehead atoms. The topological polar surface area (TPSA) is 32.9 Å². The van der Waals surface area contributed by atoms with Gasteiger partial charge in [0.15, 0.2) is 5.43 Å². The van der Waals surface area contributed by atoms with Crippen LogP contribution in [0.25, 0.3) is 10.9 Å². The molecule has 0 radical (unpaired) electrons. The standard InChI is InChI=1S/C9H7NO/c11-9-5-6-10-8-4-2-1-3-7(8)9/h1-6H,(H,10,11)/i1D,2D,3D,4D,5D,6D. The van der Waals surface area contributed by atoms with E-state index in [1.54, 1.807) is 0 Å². The number of fused-ring (bicyclic) bond motifs is 1. The number of H-pyrrole nitrogens is 1. The predicted octanol–water partition coefficient (Wildman–Crippen LogP) is 1.53. The van der Waals surface area contributed by atoms with Gasteiger partial charge in [-0.15, -0.1) is 0 Å². The molecule has 0 saturated heterocycles. The van der Waals surface area contributed by atoms with Crippen LogP contribution in [0.15, 0.2) is 41.2 Å².